The van der Waals surface area contributed by atoms with Crippen molar-refractivity contribution in [1.82, 2.24) is 5.32 Å². The first kappa shape index (κ1) is 17.3. The van der Waals surface area contributed by atoms with Crippen molar-refractivity contribution in [3.8, 4) is 5.75 Å². The Kier molecular flexibility index (Phi) is 6.48. The average molecular weight is 304 g/mol. The number of amides is 1. The third kappa shape index (κ3) is 6.48. The number of carbonyl (C=O) groups is 1. The molecule has 7 heteroatoms. The summed E-state index contributed by atoms with van der Waals surface area (Å²) < 4.78 is 40.7. The van der Waals surface area contributed by atoms with Crippen molar-refractivity contribution in [2.75, 3.05) is 0 Å². The molecule has 0 fully saturated rings. The molecular formula is C14H19F3N2O2. The van der Waals surface area contributed by atoms with Crippen LogP contribution in [0, 0.1) is 0 Å². The Balaban J connectivity index is 2.61. The van der Waals surface area contributed by atoms with Gasteiger partial charge in [0.25, 0.3) is 0 Å². The SMILES string of the molecule is CCCC[C@H](N)C(=O)NCc1ccccc1OC(F)(F)F. The second-order valence-electron chi connectivity index (χ2n) is 4.62. The number of halogens is 3. The maximum atomic E-state index is 12.3. The van der Waals surface area contributed by atoms with Gasteiger partial charge < -0.3 is 15.8 Å². The molecule has 1 rings (SSSR count). The van der Waals surface area contributed by atoms with Crippen molar-refractivity contribution in [3.05, 3.63) is 29.8 Å². The normalized spacial score (nSPS) is 12.8. The summed E-state index contributed by atoms with van der Waals surface area (Å²) in [5.41, 5.74) is 5.93. The molecule has 0 radical (unpaired) electrons. The van der Waals surface area contributed by atoms with Gasteiger partial charge >= 0.3 is 6.36 Å². The van der Waals surface area contributed by atoms with Gasteiger partial charge in [0.1, 0.15) is 5.75 Å². The summed E-state index contributed by atoms with van der Waals surface area (Å²) in [5.74, 6) is -0.710. The Labute approximate surface area is 121 Å². The number of hydrogen-bond acceptors (Lipinski definition) is 3. The minimum absolute atomic E-state index is 0.0646. The molecule has 0 aliphatic carbocycles. The third-order valence-corrected chi connectivity index (χ3v) is 2.86. The number of alkyl halides is 3. The van der Waals surface area contributed by atoms with E-state index in [0.29, 0.717) is 6.42 Å². The van der Waals surface area contributed by atoms with Gasteiger partial charge in [0, 0.05) is 12.1 Å². The summed E-state index contributed by atoms with van der Waals surface area (Å²) in [7, 11) is 0. The molecule has 1 atom stereocenters. The fourth-order valence-electron chi connectivity index (χ4n) is 1.74. The van der Waals surface area contributed by atoms with Gasteiger partial charge in [-0.3, -0.25) is 4.79 Å². The van der Waals surface area contributed by atoms with E-state index in [1.807, 2.05) is 6.92 Å². The van der Waals surface area contributed by atoms with Gasteiger partial charge in [-0.25, -0.2) is 0 Å². The quantitative estimate of drug-likeness (QED) is 0.814. The highest BCUT2D eigenvalue weighted by Crippen LogP contribution is 2.26. The summed E-state index contributed by atoms with van der Waals surface area (Å²) in [6, 6.07) is 5.01. The minimum atomic E-state index is -4.77. The van der Waals surface area contributed by atoms with Gasteiger partial charge in [-0.15, -0.1) is 13.2 Å². The molecule has 1 amide bonds. The predicted octanol–water partition coefficient (Wildman–Crippen LogP) is 2.72. The van der Waals surface area contributed by atoms with Crippen molar-refractivity contribution >= 4 is 5.91 Å². The topological polar surface area (TPSA) is 64.4 Å². The zero-order valence-corrected chi connectivity index (χ0v) is 11.7. The van der Waals surface area contributed by atoms with Crippen LogP contribution < -0.4 is 15.8 Å². The Bertz CT molecular complexity index is 464. The van der Waals surface area contributed by atoms with E-state index in [1.54, 1.807) is 6.07 Å². The molecule has 0 bridgehead atoms. The molecule has 1 aromatic carbocycles. The Morgan fingerprint density at radius 2 is 2.05 bits per heavy atom. The molecule has 0 aliphatic heterocycles. The monoisotopic (exact) mass is 304 g/mol. The van der Waals surface area contributed by atoms with E-state index >= 15 is 0 Å². The average Bonchev–Trinajstić information content (AvgIpc) is 2.41. The lowest BCUT2D eigenvalue weighted by atomic mass is 10.1. The molecule has 21 heavy (non-hydrogen) atoms. The van der Waals surface area contributed by atoms with Crippen molar-refractivity contribution in [1.29, 1.82) is 0 Å². The first-order chi connectivity index (χ1) is 9.83. The lowest BCUT2D eigenvalue weighted by Gasteiger charge is -2.15. The lowest BCUT2D eigenvalue weighted by molar-refractivity contribution is -0.274. The van der Waals surface area contributed by atoms with Crippen LogP contribution in [0.4, 0.5) is 13.2 Å². The molecule has 3 N–H and O–H groups in total. The maximum Gasteiger partial charge on any atom is 0.573 e. The minimum Gasteiger partial charge on any atom is -0.405 e. The summed E-state index contributed by atoms with van der Waals surface area (Å²) >= 11 is 0. The molecule has 0 aromatic heterocycles. The van der Waals surface area contributed by atoms with Crippen molar-refractivity contribution in [3.63, 3.8) is 0 Å². The van der Waals surface area contributed by atoms with E-state index < -0.39 is 12.4 Å². The fourth-order valence-corrected chi connectivity index (χ4v) is 1.74. The van der Waals surface area contributed by atoms with E-state index in [-0.39, 0.29) is 23.8 Å². The van der Waals surface area contributed by atoms with Gasteiger partial charge in [0.15, 0.2) is 0 Å². The first-order valence-corrected chi connectivity index (χ1v) is 6.70. The first-order valence-electron chi connectivity index (χ1n) is 6.70. The van der Waals surface area contributed by atoms with Gasteiger partial charge in [-0.2, -0.15) is 0 Å². The highest BCUT2D eigenvalue weighted by atomic mass is 19.4. The Hall–Kier alpha value is -1.76. The van der Waals surface area contributed by atoms with E-state index in [4.69, 9.17) is 5.73 Å². The van der Waals surface area contributed by atoms with Crippen LogP contribution in [0.15, 0.2) is 24.3 Å². The van der Waals surface area contributed by atoms with Crippen LogP contribution in [0.1, 0.15) is 31.7 Å². The number of para-hydroxylation sites is 1. The molecule has 0 aliphatic rings. The second-order valence-corrected chi connectivity index (χ2v) is 4.62. The van der Waals surface area contributed by atoms with Crippen LogP contribution >= 0.6 is 0 Å². The molecule has 118 valence electrons. The number of hydrogen-bond donors (Lipinski definition) is 2. The van der Waals surface area contributed by atoms with E-state index in [1.165, 1.54) is 18.2 Å². The Morgan fingerprint density at radius 3 is 2.67 bits per heavy atom. The smallest absolute Gasteiger partial charge is 0.405 e. The van der Waals surface area contributed by atoms with Crippen LogP contribution in [0.5, 0.6) is 5.75 Å². The highest BCUT2D eigenvalue weighted by molar-refractivity contribution is 5.81. The molecule has 0 saturated heterocycles. The molecule has 4 nitrogen and oxygen atoms in total. The van der Waals surface area contributed by atoms with Crippen molar-refractivity contribution in [2.45, 2.75) is 45.1 Å². The molecule has 1 aromatic rings. The number of nitrogens with two attached hydrogens (primary N) is 1. The van der Waals surface area contributed by atoms with Gasteiger partial charge in [-0.05, 0) is 12.5 Å². The predicted molar refractivity (Wildman–Crippen MR) is 72.5 cm³/mol. The van der Waals surface area contributed by atoms with Crippen LogP contribution in [-0.2, 0) is 11.3 Å². The zero-order chi connectivity index (χ0) is 15.9. The molecule has 0 saturated carbocycles. The van der Waals surface area contributed by atoms with E-state index in [9.17, 15) is 18.0 Å². The summed E-state index contributed by atoms with van der Waals surface area (Å²) in [4.78, 5) is 11.7. The lowest BCUT2D eigenvalue weighted by Crippen LogP contribution is -2.40. The number of unbranched alkanes of at least 4 members (excludes halogenated alkanes) is 1. The van der Waals surface area contributed by atoms with Crippen LogP contribution in [0.25, 0.3) is 0 Å². The molecule has 0 spiro atoms. The standard InChI is InChI=1S/C14H19F3N2O2/c1-2-3-7-11(18)13(20)19-9-10-6-4-5-8-12(10)21-14(15,16)17/h4-6,8,11H,2-3,7,9,18H2,1H3,(H,19,20)/t11-/m0/s1. The van der Waals surface area contributed by atoms with Crippen LogP contribution in [0.2, 0.25) is 0 Å². The van der Waals surface area contributed by atoms with E-state index in [2.05, 4.69) is 10.1 Å². The van der Waals surface area contributed by atoms with Crippen molar-refractivity contribution < 1.29 is 22.7 Å². The molecule has 0 unspecified atom stereocenters. The van der Waals surface area contributed by atoms with Gasteiger partial charge in [0.2, 0.25) is 5.91 Å². The van der Waals surface area contributed by atoms with Crippen LogP contribution in [0.3, 0.4) is 0 Å². The van der Waals surface area contributed by atoms with E-state index in [0.717, 1.165) is 12.8 Å². The summed E-state index contributed by atoms with van der Waals surface area (Å²) in [5, 5.41) is 2.52. The number of benzene rings is 1. The summed E-state index contributed by atoms with van der Waals surface area (Å²) in [6.45, 7) is 1.92. The molecule has 0 heterocycles. The third-order valence-electron chi connectivity index (χ3n) is 2.86. The highest BCUT2D eigenvalue weighted by Gasteiger charge is 2.32. The number of ether oxygens (including phenoxy) is 1. The van der Waals surface area contributed by atoms with Crippen LogP contribution in [-0.4, -0.2) is 18.3 Å². The van der Waals surface area contributed by atoms with Gasteiger partial charge in [0.05, 0.1) is 6.04 Å². The number of nitrogens with one attached hydrogen (secondary N) is 1. The zero-order valence-electron chi connectivity index (χ0n) is 11.7. The second kappa shape index (κ2) is 7.87. The maximum absolute atomic E-state index is 12.3. The fraction of sp³-hybridized carbons (Fsp3) is 0.500. The Morgan fingerprint density at radius 1 is 1.38 bits per heavy atom. The largest absolute Gasteiger partial charge is 0.573 e. The number of carbonyl (C=O) groups excluding carboxylic acids is 1. The summed E-state index contributed by atoms with van der Waals surface area (Å²) in [6.07, 6.45) is -2.48. The number of rotatable bonds is 7. The molecular weight excluding hydrogens is 285 g/mol. The van der Waals surface area contributed by atoms with Crippen molar-refractivity contribution in [2.24, 2.45) is 5.73 Å². The van der Waals surface area contributed by atoms with Gasteiger partial charge in [-0.1, -0.05) is 38.0 Å².